The van der Waals surface area contributed by atoms with Crippen LogP contribution in [0.4, 0.5) is 0 Å². The lowest BCUT2D eigenvalue weighted by Crippen LogP contribution is -2.44. The van der Waals surface area contributed by atoms with Crippen LogP contribution in [0.15, 0.2) is 18.2 Å². The molecular formula is C14H19NO4. The lowest BCUT2D eigenvalue weighted by Gasteiger charge is -2.17. The van der Waals surface area contributed by atoms with Gasteiger partial charge in [-0.25, -0.2) is 4.79 Å². The first-order valence-corrected chi connectivity index (χ1v) is 5.99. The van der Waals surface area contributed by atoms with Gasteiger partial charge < -0.3 is 14.8 Å². The van der Waals surface area contributed by atoms with E-state index < -0.39 is 12.0 Å². The van der Waals surface area contributed by atoms with Gasteiger partial charge in [-0.05, 0) is 31.0 Å². The largest absolute Gasteiger partial charge is 0.491 e. The fourth-order valence-corrected chi connectivity index (χ4v) is 1.61. The summed E-state index contributed by atoms with van der Waals surface area (Å²) in [5, 5.41) is 2.50. The topological polar surface area (TPSA) is 64.6 Å². The summed E-state index contributed by atoms with van der Waals surface area (Å²) in [7, 11) is 1.27. The monoisotopic (exact) mass is 265 g/mol. The van der Waals surface area contributed by atoms with E-state index in [1.54, 1.807) is 0 Å². The highest BCUT2D eigenvalue weighted by Gasteiger charge is 2.21. The third kappa shape index (κ3) is 4.28. The van der Waals surface area contributed by atoms with Crippen LogP contribution in [0, 0.1) is 13.8 Å². The molecule has 5 nitrogen and oxygen atoms in total. The quantitative estimate of drug-likeness (QED) is 0.816. The van der Waals surface area contributed by atoms with Gasteiger partial charge in [-0.3, -0.25) is 4.79 Å². The Hall–Kier alpha value is -2.04. The van der Waals surface area contributed by atoms with E-state index in [0.717, 1.165) is 11.1 Å². The lowest BCUT2D eigenvalue weighted by molar-refractivity contribution is -0.145. The molecule has 0 aromatic heterocycles. The Morgan fingerprint density at radius 3 is 2.58 bits per heavy atom. The molecular weight excluding hydrogens is 246 g/mol. The highest BCUT2D eigenvalue weighted by Crippen LogP contribution is 2.20. The predicted molar refractivity (Wildman–Crippen MR) is 71.0 cm³/mol. The zero-order valence-corrected chi connectivity index (χ0v) is 11.6. The van der Waals surface area contributed by atoms with Gasteiger partial charge in [0.1, 0.15) is 12.4 Å². The molecule has 0 bridgehead atoms. The molecule has 1 atom stereocenters. The first-order chi connectivity index (χ1) is 8.95. The molecule has 0 radical (unpaired) electrons. The number of hydrogen-bond donors (Lipinski definition) is 1. The van der Waals surface area contributed by atoms with Crippen molar-refractivity contribution < 1.29 is 19.1 Å². The van der Waals surface area contributed by atoms with Crippen LogP contribution in [0.3, 0.4) is 0 Å². The number of benzene rings is 1. The Balaban J connectivity index is 2.73. The fraction of sp³-hybridized carbons (Fsp3) is 0.429. The normalized spacial score (nSPS) is 11.6. The van der Waals surface area contributed by atoms with Crippen LogP contribution >= 0.6 is 0 Å². The highest BCUT2D eigenvalue weighted by atomic mass is 16.5. The third-order valence-electron chi connectivity index (χ3n) is 2.82. The van der Waals surface area contributed by atoms with Crippen LogP contribution in [0.1, 0.15) is 18.1 Å². The van der Waals surface area contributed by atoms with Crippen molar-refractivity contribution >= 4 is 11.9 Å². The first-order valence-electron chi connectivity index (χ1n) is 5.99. The average molecular weight is 265 g/mol. The second kappa shape index (κ2) is 6.78. The minimum Gasteiger partial charge on any atom is -0.491 e. The van der Waals surface area contributed by atoms with E-state index in [4.69, 9.17) is 4.74 Å². The van der Waals surface area contributed by atoms with Crippen molar-refractivity contribution in [2.75, 3.05) is 13.7 Å². The summed E-state index contributed by atoms with van der Waals surface area (Å²) in [4.78, 5) is 22.5. The molecule has 0 fully saturated rings. The molecule has 1 aromatic carbocycles. The predicted octanol–water partition coefficient (Wildman–Crippen LogP) is 1.36. The number of aryl methyl sites for hydroxylation is 1. The Morgan fingerprint density at radius 1 is 1.32 bits per heavy atom. The van der Waals surface area contributed by atoms with E-state index in [2.05, 4.69) is 10.1 Å². The summed E-state index contributed by atoms with van der Waals surface area (Å²) >= 11 is 0. The van der Waals surface area contributed by atoms with Crippen molar-refractivity contribution in [2.24, 2.45) is 0 Å². The second-order valence-electron chi connectivity index (χ2n) is 4.29. The molecule has 0 saturated carbocycles. The van der Waals surface area contributed by atoms with Gasteiger partial charge >= 0.3 is 5.97 Å². The van der Waals surface area contributed by atoms with E-state index in [9.17, 15) is 9.59 Å². The van der Waals surface area contributed by atoms with Crippen LogP contribution in [0.2, 0.25) is 0 Å². The average Bonchev–Trinajstić information content (AvgIpc) is 2.37. The molecule has 0 aliphatic carbocycles. The minimum absolute atomic E-state index is 0.0382. The van der Waals surface area contributed by atoms with Crippen LogP contribution in [-0.2, 0) is 14.3 Å². The van der Waals surface area contributed by atoms with Gasteiger partial charge in [-0.15, -0.1) is 0 Å². The Kier molecular flexibility index (Phi) is 5.36. The van der Waals surface area contributed by atoms with Gasteiger partial charge in [-0.1, -0.05) is 12.1 Å². The Morgan fingerprint density at radius 2 is 2.00 bits per heavy atom. The number of carbonyl (C=O) groups is 2. The van der Waals surface area contributed by atoms with Crippen molar-refractivity contribution in [2.45, 2.75) is 26.8 Å². The van der Waals surface area contributed by atoms with Crippen LogP contribution < -0.4 is 10.1 Å². The summed E-state index contributed by atoms with van der Waals surface area (Å²) in [5.41, 5.74) is 2.11. The number of carbonyl (C=O) groups excluding carboxylic acids is 2. The molecule has 5 heteroatoms. The minimum atomic E-state index is -0.803. The summed E-state index contributed by atoms with van der Waals surface area (Å²) in [6, 6.07) is 4.88. The van der Waals surface area contributed by atoms with Gasteiger partial charge in [0.15, 0.2) is 6.04 Å². The maximum Gasteiger partial charge on any atom is 0.331 e. The molecule has 1 rings (SSSR count). The zero-order chi connectivity index (χ0) is 14.4. The molecule has 0 spiro atoms. The van der Waals surface area contributed by atoms with Crippen LogP contribution in [-0.4, -0.2) is 31.6 Å². The van der Waals surface area contributed by atoms with E-state index in [1.807, 2.05) is 32.0 Å². The number of rotatable bonds is 5. The number of esters is 1. The molecule has 0 saturated heterocycles. The number of hydrogen-bond acceptors (Lipinski definition) is 4. The lowest BCUT2D eigenvalue weighted by atomic mass is 10.1. The second-order valence-corrected chi connectivity index (χ2v) is 4.29. The molecule has 0 heterocycles. The van der Waals surface area contributed by atoms with Gasteiger partial charge in [-0.2, -0.15) is 0 Å². The van der Waals surface area contributed by atoms with Gasteiger partial charge in [0.2, 0.25) is 5.91 Å². The van der Waals surface area contributed by atoms with Crippen molar-refractivity contribution in [1.82, 2.24) is 5.32 Å². The zero-order valence-electron chi connectivity index (χ0n) is 11.6. The standard InChI is InChI=1S/C14H19NO4/c1-9-6-5-7-13(10(9)2)19-8-12(14(17)18-4)15-11(3)16/h5-7,12H,8H2,1-4H3,(H,15,16). The maximum atomic E-state index is 11.5. The van der Waals surface area contributed by atoms with Crippen molar-refractivity contribution in [1.29, 1.82) is 0 Å². The van der Waals surface area contributed by atoms with Gasteiger partial charge in [0, 0.05) is 6.92 Å². The van der Waals surface area contributed by atoms with Crippen molar-refractivity contribution in [3.05, 3.63) is 29.3 Å². The number of amides is 1. The van der Waals surface area contributed by atoms with Crippen molar-refractivity contribution in [3.8, 4) is 5.75 Å². The summed E-state index contributed by atoms with van der Waals surface area (Å²) in [5.74, 6) is -0.139. The first kappa shape index (κ1) is 15.0. The van der Waals surface area contributed by atoms with Crippen LogP contribution in [0.5, 0.6) is 5.75 Å². The third-order valence-corrected chi connectivity index (χ3v) is 2.82. The molecule has 1 amide bonds. The molecule has 104 valence electrons. The van der Waals surface area contributed by atoms with Gasteiger partial charge in [0.05, 0.1) is 7.11 Å². The maximum absolute atomic E-state index is 11.5. The molecule has 0 aliphatic rings. The Bertz CT molecular complexity index is 471. The molecule has 1 N–H and O–H groups in total. The smallest absolute Gasteiger partial charge is 0.331 e. The number of nitrogens with one attached hydrogen (secondary N) is 1. The fourth-order valence-electron chi connectivity index (χ4n) is 1.61. The van der Waals surface area contributed by atoms with E-state index in [-0.39, 0.29) is 12.5 Å². The molecule has 0 aliphatic heterocycles. The number of methoxy groups -OCH3 is 1. The summed E-state index contributed by atoms with van der Waals surface area (Å²) in [6.07, 6.45) is 0. The Labute approximate surface area is 112 Å². The summed E-state index contributed by atoms with van der Waals surface area (Å²) < 4.78 is 10.2. The highest BCUT2D eigenvalue weighted by molar-refractivity contribution is 5.83. The van der Waals surface area contributed by atoms with E-state index in [1.165, 1.54) is 14.0 Å². The van der Waals surface area contributed by atoms with Gasteiger partial charge in [0.25, 0.3) is 0 Å². The molecule has 1 unspecified atom stereocenters. The van der Waals surface area contributed by atoms with Crippen LogP contribution in [0.25, 0.3) is 0 Å². The van der Waals surface area contributed by atoms with E-state index in [0.29, 0.717) is 5.75 Å². The number of ether oxygens (including phenoxy) is 2. The molecule has 1 aromatic rings. The molecule has 19 heavy (non-hydrogen) atoms. The van der Waals surface area contributed by atoms with E-state index >= 15 is 0 Å². The SMILES string of the molecule is COC(=O)C(COc1cccc(C)c1C)NC(C)=O. The summed E-state index contributed by atoms with van der Waals surface area (Å²) in [6.45, 7) is 5.30. The van der Waals surface area contributed by atoms with Crippen molar-refractivity contribution in [3.63, 3.8) is 0 Å².